The van der Waals surface area contributed by atoms with Gasteiger partial charge in [-0.05, 0) is 90.0 Å². The first-order valence-electron chi connectivity index (χ1n) is 26.1. The molecule has 0 aliphatic carbocycles. The molecule has 3 aliphatic heterocycles. The van der Waals surface area contributed by atoms with Gasteiger partial charge in [0.25, 0.3) is 0 Å². The number of nitrogens with zero attached hydrogens (tertiary/aromatic N) is 2. The summed E-state index contributed by atoms with van der Waals surface area (Å²) < 4.78 is 64.0. The van der Waals surface area contributed by atoms with Crippen molar-refractivity contribution in [2.24, 2.45) is 5.92 Å². The third kappa shape index (κ3) is 17.1. The van der Waals surface area contributed by atoms with Gasteiger partial charge >= 0.3 is 23.9 Å². The van der Waals surface area contributed by atoms with Crippen LogP contribution >= 0.6 is 0 Å². The molecule has 0 aromatic carbocycles. The summed E-state index contributed by atoms with van der Waals surface area (Å²) in [7, 11) is 2.62. The predicted molar refractivity (Wildman–Crippen MR) is 275 cm³/mol. The molecule has 18 nitrogen and oxygen atoms in total. The van der Waals surface area contributed by atoms with Crippen molar-refractivity contribution in [2.75, 3.05) is 21.2 Å². The summed E-state index contributed by atoms with van der Waals surface area (Å²) in [5, 5.41) is 25.5. The third-order valence-electron chi connectivity index (χ3n) is 14.3. The van der Waals surface area contributed by atoms with Gasteiger partial charge in [-0.15, -0.1) is 0 Å². The van der Waals surface area contributed by atoms with Crippen molar-refractivity contribution < 1.29 is 76.4 Å². The van der Waals surface area contributed by atoms with Crippen molar-refractivity contribution in [1.82, 2.24) is 9.88 Å². The number of hydrogen-bond acceptors (Lipinski definition) is 18. The van der Waals surface area contributed by atoms with E-state index < -0.39 is 135 Å². The molecule has 4 heterocycles. The van der Waals surface area contributed by atoms with Gasteiger partial charge < -0.3 is 62.2 Å². The summed E-state index contributed by atoms with van der Waals surface area (Å²) in [4.78, 5) is 59.0. The van der Waals surface area contributed by atoms with Crippen molar-refractivity contribution in [3.8, 4) is 0 Å². The Morgan fingerprint density at radius 1 is 0.877 bits per heavy atom. The number of likely N-dealkylation sites (N-methyl/N-ethyl adjacent to an activating group) is 1. The van der Waals surface area contributed by atoms with Crippen LogP contribution in [0.1, 0.15) is 120 Å². The molecule has 2 N–H and O–H groups in total. The van der Waals surface area contributed by atoms with E-state index >= 15 is 0 Å². The fraction of sp³-hybridized carbons (Fsp3) is 0.722. The Hall–Kier alpha value is -3.89. The van der Waals surface area contributed by atoms with Crippen LogP contribution in [0.2, 0.25) is 18.1 Å². The topological polar surface area (TPSA) is 217 Å². The molecule has 16 atom stereocenters. The lowest BCUT2D eigenvalue weighted by Gasteiger charge is -2.51. The van der Waals surface area contributed by atoms with Crippen molar-refractivity contribution in [3.05, 3.63) is 60.5 Å². The smallest absolute Gasteiger partial charge is 0.309 e. The Bertz CT molecular complexity index is 1990. The van der Waals surface area contributed by atoms with E-state index in [0.717, 1.165) is 18.1 Å². The highest BCUT2D eigenvalue weighted by molar-refractivity contribution is 6.73. The highest BCUT2D eigenvalue weighted by atomic mass is 28.4. The fourth-order valence-electron chi connectivity index (χ4n) is 10.1. The predicted octanol–water partition coefficient (Wildman–Crippen LogP) is 7.00. The average Bonchev–Trinajstić information content (AvgIpc) is 3.33. The van der Waals surface area contributed by atoms with Crippen LogP contribution in [-0.4, -0.2) is 164 Å². The first-order chi connectivity index (χ1) is 34.5. The number of carbonyl (C=O) groups excluding carboxylic acids is 4. The van der Waals surface area contributed by atoms with Crippen LogP contribution in [0.5, 0.6) is 0 Å². The largest absolute Gasteiger partial charge is 0.462 e. The zero-order chi connectivity index (χ0) is 54.3. The van der Waals surface area contributed by atoms with Crippen LogP contribution in [0.3, 0.4) is 0 Å². The molecule has 0 saturated carbocycles. The average molecular weight is 1050 g/mol. The van der Waals surface area contributed by atoms with Gasteiger partial charge in [-0.2, -0.15) is 0 Å². The van der Waals surface area contributed by atoms with Gasteiger partial charge in [-0.3, -0.25) is 24.2 Å². The fourth-order valence-corrected chi connectivity index (χ4v) is 12.9. The molecule has 2 fully saturated rings. The van der Waals surface area contributed by atoms with Crippen molar-refractivity contribution in [3.63, 3.8) is 0 Å². The number of aromatic nitrogens is 1. The molecule has 0 amide bonds. The zero-order valence-electron chi connectivity index (χ0n) is 45.7. The molecule has 9 unspecified atom stereocenters. The number of allylic oxidation sites excluding steroid dienone is 2. The summed E-state index contributed by atoms with van der Waals surface area (Å²) in [5.74, 6) is -2.93. The minimum absolute atomic E-state index is 0.0421. The molecule has 4 rings (SSSR count). The van der Waals surface area contributed by atoms with Gasteiger partial charge in [-0.25, -0.2) is 0 Å². The minimum Gasteiger partial charge on any atom is -0.462 e. The zero-order valence-corrected chi connectivity index (χ0v) is 46.7. The van der Waals surface area contributed by atoms with E-state index in [4.69, 9.17) is 47.1 Å². The Morgan fingerprint density at radius 3 is 2.12 bits per heavy atom. The lowest BCUT2D eigenvalue weighted by Crippen LogP contribution is -2.67. The molecule has 0 bridgehead atoms. The number of rotatable bonds is 18. The first kappa shape index (κ1) is 61.7. The summed E-state index contributed by atoms with van der Waals surface area (Å²) in [6, 6.07) is 5.36. The first-order valence-corrected chi connectivity index (χ1v) is 28.6. The van der Waals surface area contributed by atoms with Gasteiger partial charge in [0.1, 0.15) is 41.7 Å². The van der Waals surface area contributed by atoms with Crippen molar-refractivity contribution >= 4 is 38.3 Å². The van der Waals surface area contributed by atoms with Gasteiger partial charge in [0.15, 0.2) is 33.1 Å². The Balaban J connectivity index is 1.96. The minimum atomic E-state index is -2.29. The quantitative estimate of drug-likeness (QED) is 0.0859. The number of ether oxygens (including phenoxy) is 9. The molecular weight excluding hydrogens is 961 g/mol. The van der Waals surface area contributed by atoms with Gasteiger partial charge in [0.2, 0.25) is 0 Å². The second-order valence-corrected chi connectivity index (χ2v) is 25.0. The van der Waals surface area contributed by atoms with Gasteiger partial charge in [0.05, 0.1) is 30.8 Å². The van der Waals surface area contributed by atoms with Gasteiger partial charge in [-0.1, -0.05) is 78.0 Å². The Labute approximate surface area is 434 Å². The molecule has 0 spiro atoms. The van der Waals surface area contributed by atoms with E-state index in [1.54, 1.807) is 91.1 Å². The van der Waals surface area contributed by atoms with E-state index in [9.17, 15) is 29.4 Å². The molecule has 1 aromatic heterocycles. The molecule has 2 saturated heterocycles. The molecule has 73 heavy (non-hydrogen) atoms. The number of cyclic esters (lactones) is 1. The number of pyridine rings is 1. The van der Waals surface area contributed by atoms with E-state index in [2.05, 4.69) is 25.8 Å². The lowest BCUT2D eigenvalue weighted by molar-refractivity contribution is -0.349. The van der Waals surface area contributed by atoms with E-state index in [-0.39, 0.29) is 25.7 Å². The monoisotopic (exact) mass is 1050 g/mol. The molecule has 1 aromatic rings. The Morgan fingerprint density at radius 2 is 1.55 bits per heavy atom. The lowest BCUT2D eigenvalue weighted by atomic mass is 9.79. The molecule has 3 aliphatic rings. The number of hydrogen-bond donors (Lipinski definition) is 2. The summed E-state index contributed by atoms with van der Waals surface area (Å²) in [5.41, 5.74) is -2.98. The van der Waals surface area contributed by atoms with Crippen LogP contribution in [0.4, 0.5) is 0 Å². The van der Waals surface area contributed by atoms with E-state index in [0.29, 0.717) is 12.0 Å². The highest BCUT2D eigenvalue weighted by Crippen LogP contribution is 2.40. The van der Waals surface area contributed by atoms with Crippen LogP contribution in [0.25, 0.3) is 6.08 Å². The van der Waals surface area contributed by atoms with Crippen LogP contribution in [-0.2, 0) is 66.2 Å². The maximum Gasteiger partial charge on any atom is 0.309 e. The van der Waals surface area contributed by atoms with E-state index in [1.807, 2.05) is 37.3 Å². The Kier molecular flexibility index (Phi) is 23.9. The number of esters is 4. The number of carbonyl (C=O) groups is 4. The molecular formula is C54H86N2O16Si. The number of methoxy groups -OCH3 is 1. The normalized spacial score (nSPS) is 36.0. The molecule has 0 radical (unpaired) electrons. The SMILES string of the molecule is CCC(=O)OC1C(C)OC(OC2C(C)OC(O[C@@H]3[C@@H](OC)[C@H](OC(=O)CC)CC(=O)O[C@H](C)C/C=C/C=C/[C@H](O[Si](CC)(CC)CC)[C@H](C)C[C@]3(O)/C=C/c3cccnc3)C(OC(C)=O)C2N(C)C)CC1(C)O. The van der Waals surface area contributed by atoms with Crippen molar-refractivity contribution in [1.29, 1.82) is 0 Å². The second-order valence-electron chi connectivity index (χ2n) is 20.2. The summed E-state index contributed by atoms with van der Waals surface area (Å²) in [6.07, 6.45) is 1.41. The van der Waals surface area contributed by atoms with Crippen LogP contribution in [0, 0.1) is 5.92 Å². The standard InChI is InChI=1S/C54H86N2O16Si/c1-15-42(58)68-41-30-44(60)64-35(7)24-21-20-22-26-40(72-73(17-3,18-4)19-5)34(6)31-54(62,28-27-39-25-23-29-55-33-39)51(48(41)63-14)71-52-49(67-38(10)57)46(56(12)13)47(36(8)66-52)70-45-32-53(11,61)50(37(9)65-45)69-43(59)16-2/h20-23,25-29,33-37,40-41,45-52,61-62H,15-19,24,30-32H2,1-14H3/b21-20+,26-22+,28-27+/t34-,35-,36?,37?,40+,41-,45?,46?,47?,48+,49?,50?,51-,52?,53?,54-/m1/s1. The van der Waals surface area contributed by atoms with Gasteiger partial charge in [0, 0.05) is 52.1 Å². The maximum absolute atomic E-state index is 13.9. The summed E-state index contributed by atoms with van der Waals surface area (Å²) in [6.45, 7) is 19.7. The number of aliphatic hydroxyl groups is 2. The van der Waals surface area contributed by atoms with Crippen LogP contribution in [0.15, 0.2) is 54.9 Å². The summed E-state index contributed by atoms with van der Waals surface area (Å²) >= 11 is 0. The second kappa shape index (κ2) is 28.3. The molecule has 412 valence electrons. The highest BCUT2D eigenvalue weighted by Gasteiger charge is 2.56. The van der Waals surface area contributed by atoms with Crippen LogP contribution < -0.4 is 0 Å². The van der Waals surface area contributed by atoms with E-state index in [1.165, 1.54) is 14.0 Å². The maximum atomic E-state index is 13.9. The van der Waals surface area contributed by atoms with Crippen molar-refractivity contribution in [2.45, 2.75) is 224 Å². The third-order valence-corrected chi connectivity index (χ3v) is 18.9. The molecule has 19 heteroatoms.